The van der Waals surface area contributed by atoms with Crippen molar-refractivity contribution in [1.82, 2.24) is 9.80 Å². The molecule has 1 heterocycles. The van der Waals surface area contributed by atoms with Gasteiger partial charge in [-0.25, -0.2) is 0 Å². The van der Waals surface area contributed by atoms with Gasteiger partial charge in [0.05, 0.1) is 5.56 Å². The molecule has 104 valence electrons. The number of alkyl halides is 1. The van der Waals surface area contributed by atoms with E-state index in [1.165, 1.54) is 0 Å². The number of carbonyl (C=O) groups is 1. The van der Waals surface area contributed by atoms with E-state index in [1.807, 2.05) is 29.2 Å². The van der Waals surface area contributed by atoms with Gasteiger partial charge in [-0.2, -0.15) is 0 Å². The summed E-state index contributed by atoms with van der Waals surface area (Å²) >= 11 is 9.22. The third kappa shape index (κ3) is 3.94. The molecule has 0 aromatic heterocycles. The Morgan fingerprint density at radius 3 is 2.74 bits per heavy atom. The summed E-state index contributed by atoms with van der Waals surface area (Å²) in [6.45, 7) is 4.42. The minimum atomic E-state index is 0.111. The number of nitrogens with zero attached hydrogens (tertiary/aromatic N) is 2. The average molecular weight is 346 g/mol. The van der Waals surface area contributed by atoms with E-state index in [-0.39, 0.29) is 5.91 Å². The van der Waals surface area contributed by atoms with Gasteiger partial charge in [0.2, 0.25) is 0 Å². The molecule has 3 nitrogen and oxygen atoms in total. The van der Waals surface area contributed by atoms with Crippen LogP contribution in [0.2, 0.25) is 0 Å². The van der Waals surface area contributed by atoms with Gasteiger partial charge in [0, 0.05) is 36.5 Å². The summed E-state index contributed by atoms with van der Waals surface area (Å²) < 4.78 is 0.863. The maximum Gasteiger partial charge on any atom is 0.255 e. The Morgan fingerprint density at radius 1 is 1.21 bits per heavy atom. The highest BCUT2D eigenvalue weighted by atomic mass is 79.9. The van der Waals surface area contributed by atoms with Crippen LogP contribution in [0.1, 0.15) is 16.8 Å². The second-order valence-electron chi connectivity index (χ2n) is 4.66. The second-order valence-corrected chi connectivity index (χ2v) is 5.89. The van der Waals surface area contributed by atoms with Crippen LogP contribution in [-0.4, -0.2) is 54.3 Å². The molecule has 0 radical (unpaired) electrons. The predicted octanol–water partition coefficient (Wildman–Crippen LogP) is 2.84. The maximum atomic E-state index is 12.5. The highest BCUT2D eigenvalue weighted by Crippen LogP contribution is 2.18. The first-order chi connectivity index (χ1) is 9.22. The number of carbonyl (C=O) groups excluding carboxylic acids is 1. The van der Waals surface area contributed by atoms with Crippen LogP contribution in [-0.2, 0) is 0 Å². The van der Waals surface area contributed by atoms with Crippen molar-refractivity contribution in [3.63, 3.8) is 0 Å². The summed E-state index contributed by atoms with van der Waals surface area (Å²) in [6.07, 6.45) is 1.01. The van der Waals surface area contributed by atoms with E-state index < -0.39 is 0 Å². The summed E-state index contributed by atoms with van der Waals surface area (Å²) in [5.74, 6) is 0.762. The molecule has 0 bridgehead atoms. The standard InChI is InChI=1S/C14H18BrClN2O/c15-13-5-2-1-4-12(13)14(19)18-8-3-7-17(9-6-16)10-11-18/h1-2,4-5H,3,6-11H2. The molecule has 1 amide bonds. The van der Waals surface area contributed by atoms with Gasteiger partial charge in [0.25, 0.3) is 5.91 Å². The summed E-state index contributed by atoms with van der Waals surface area (Å²) in [4.78, 5) is 16.7. The molecule has 1 saturated heterocycles. The molecule has 0 N–H and O–H groups in total. The van der Waals surface area contributed by atoms with E-state index in [1.54, 1.807) is 0 Å². The molecular weight excluding hydrogens is 328 g/mol. The summed E-state index contributed by atoms with van der Waals surface area (Å²) in [6, 6.07) is 7.60. The molecule has 1 aliphatic rings. The summed E-state index contributed by atoms with van der Waals surface area (Å²) in [5.41, 5.74) is 0.744. The zero-order valence-electron chi connectivity index (χ0n) is 10.8. The maximum absolute atomic E-state index is 12.5. The number of hydrogen-bond acceptors (Lipinski definition) is 2. The smallest absolute Gasteiger partial charge is 0.255 e. The first kappa shape index (κ1) is 14.8. The number of rotatable bonds is 3. The van der Waals surface area contributed by atoms with Crippen molar-refractivity contribution in [3.8, 4) is 0 Å². The van der Waals surface area contributed by atoms with Crippen molar-refractivity contribution in [2.75, 3.05) is 38.6 Å². The van der Waals surface area contributed by atoms with Gasteiger partial charge in [0.1, 0.15) is 0 Å². The first-order valence-electron chi connectivity index (χ1n) is 6.54. The van der Waals surface area contributed by atoms with Crippen molar-refractivity contribution >= 4 is 33.4 Å². The largest absolute Gasteiger partial charge is 0.337 e. The lowest BCUT2D eigenvalue weighted by Gasteiger charge is -2.22. The van der Waals surface area contributed by atoms with Gasteiger partial charge in [-0.1, -0.05) is 12.1 Å². The molecule has 0 aliphatic carbocycles. The third-order valence-electron chi connectivity index (χ3n) is 3.38. The third-order valence-corrected chi connectivity index (χ3v) is 4.24. The van der Waals surface area contributed by atoms with Crippen LogP contribution in [0.3, 0.4) is 0 Å². The molecule has 0 saturated carbocycles. The molecule has 19 heavy (non-hydrogen) atoms. The molecule has 1 aromatic rings. The molecule has 1 aliphatic heterocycles. The summed E-state index contributed by atoms with van der Waals surface area (Å²) in [5, 5.41) is 0. The lowest BCUT2D eigenvalue weighted by atomic mass is 10.2. The minimum Gasteiger partial charge on any atom is -0.337 e. The Morgan fingerprint density at radius 2 is 2.00 bits per heavy atom. The Bertz CT molecular complexity index is 441. The molecule has 5 heteroatoms. The number of hydrogen-bond donors (Lipinski definition) is 0. The first-order valence-corrected chi connectivity index (χ1v) is 7.87. The SMILES string of the molecule is O=C(c1ccccc1Br)N1CCCN(CCCl)CC1. The van der Waals surface area contributed by atoms with Crippen LogP contribution >= 0.6 is 27.5 Å². The highest BCUT2D eigenvalue weighted by molar-refractivity contribution is 9.10. The van der Waals surface area contributed by atoms with Gasteiger partial charge in [-0.3, -0.25) is 4.79 Å². The lowest BCUT2D eigenvalue weighted by Crippen LogP contribution is -2.35. The zero-order valence-corrected chi connectivity index (χ0v) is 13.2. The molecule has 0 unspecified atom stereocenters. The fraction of sp³-hybridized carbons (Fsp3) is 0.500. The lowest BCUT2D eigenvalue weighted by molar-refractivity contribution is 0.0761. The molecule has 1 aromatic carbocycles. The second kappa shape index (κ2) is 7.27. The van der Waals surface area contributed by atoms with Crippen LogP contribution in [0.4, 0.5) is 0 Å². The van der Waals surface area contributed by atoms with E-state index in [4.69, 9.17) is 11.6 Å². The van der Waals surface area contributed by atoms with E-state index in [9.17, 15) is 4.79 Å². The number of halogens is 2. The van der Waals surface area contributed by atoms with Crippen molar-refractivity contribution in [1.29, 1.82) is 0 Å². The Labute approximate surface area is 127 Å². The summed E-state index contributed by atoms with van der Waals surface area (Å²) in [7, 11) is 0. The Hall–Kier alpha value is -0.580. The van der Waals surface area contributed by atoms with E-state index >= 15 is 0 Å². The Balaban J connectivity index is 2.02. The van der Waals surface area contributed by atoms with Crippen LogP contribution in [0.5, 0.6) is 0 Å². The minimum absolute atomic E-state index is 0.111. The van der Waals surface area contributed by atoms with Crippen molar-refractivity contribution in [2.24, 2.45) is 0 Å². The monoisotopic (exact) mass is 344 g/mol. The van der Waals surface area contributed by atoms with Crippen LogP contribution < -0.4 is 0 Å². The van der Waals surface area contributed by atoms with Gasteiger partial charge in [0.15, 0.2) is 0 Å². The highest BCUT2D eigenvalue weighted by Gasteiger charge is 2.21. The normalized spacial score (nSPS) is 17.3. The Kier molecular flexibility index (Phi) is 5.67. The number of amides is 1. The van der Waals surface area contributed by atoms with E-state index in [2.05, 4.69) is 20.8 Å². The van der Waals surface area contributed by atoms with E-state index in [0.717, 1.165) is 49.2 Å². The van der Waals surface area contributed by atoms with Gasteiger partial charge < -0.3 is 9.80 Å². The number of benzene rings is 1. The van der Waals surface area contributed by atoms with Crippen LogP contribution in [0, 0.1) is 0 Å². The molecule has 0 atom stereocenters. The zero-order chi connectivity index (χ0) is 13.7. The molecule has 1 fully saturated rings. The van der Waals surface area contributed by atoms with Gasteiger partial charge >= 0.3 is 0 Å². The average Bonchev–Trinajstić information content (AvgIpc) is 2.65. The molecule has 0 spiro atoms. The predicted molar refractivity (Wildman–Crippen MR) is 81.8 cm³/mol. The molecule has 2 rings (SSSR count). The van der Waals surface area contributed by atoms with Gasteiger partial charge in [-0.05, 0) is 41.0 Å². The fourth-order valence-corrected chi connectivity index (χ4v) is 3.02. The van der Waals surface area contributed by atoms with Crippen LogP contribution in [0.25, 0.3) is 0 Å². The van der Waals surface area contributed by atoms with Crippen molar-refractivity contribution in [2.45, 2.75) is 6.42 Å². The quantitative estimate of drug-likeness (QED) is 0.787. The topological polar surface area (TPSA) is 23.6 Å². The van der Waals surface area contributed by atoms with E-state index in [0.29, 0.717) is 5.88 Å². The van der Waals surface area contributed by atoms with Crippen LogP contribution in [0.15, 0.2) is 28.7 Å². The van der Waals surface area contributed by atoms with Gasteiger partial charge in [-0.15, -0.1) is 11.6 Å². The fourth-order valence-electron chi connectivity index (χ4n) is 2.32. The van der Waals surface area contributed by atoms with Crippen molar-refractivity contribution in [3.05, 3.63) is 34.3 Å². The van der Waals surface area contributed by atoms with Crippen molar-refractivity contribution < 1.29 is 4.79 Å². The molecular formula is C14H18BrClN2O.